The Morgan fingerprint density at radius 2 is 1.75 bits per heavy atom. The minimum Gasteiger partial charge on any atom is -0.369 e. The molecule has 0 saturated carbocycles. The topological polar surface area (TPSA) is 75.9 Å². The largest absolute Gasteiger partial charge is 0.369 e. The summed E-state index contributed by atoms with van der Waals surface area (Å²) in [5, 5.41) is 0. The Morgan fingerprint density at radius 1 is 1.15 bits per heavy atom. The third-order valence-corrected chi connectivity index (χ3v) is 3.47. The zero-order valence-corrected chi connectivity index (χ0v) is 12.8. The third kappa shape index (κ3) is 5.88. The van der Waals surface area contributed by atoms with Crippen LogP contribution in [0.25, 0.3) is 0 Å². The molecule has 0 radical (unpaired) electrons. The van der Waals surface area contributed by atoms with Gasteiger partial charge in [0.15, 0.2) is 0 Å². The second-order valence-electron chi connectivity index (χ2n) is 5.76. The highest BCUT2D eigenvalue weighted by atomic mass is 16.5. The summed E-state index contributed by atoms with van der Waals surface area (Å²) >= 11 is 0. The highest BCUT2D eigenvalue weighted by Crippen LogP contribution is 2.07. The molecule has 2 N–H and O–H groups in total. The van der Waals surface area contributed by atoms with Crippen LogP contribution in [0, 0.1) is 5.92 Å². The number of amides is 2. The van der Waals surface area contributed by atoms with Gasteiger partial charge in [0.1, 0.15) is 6.10 Å². The third-order valence-electron chi connectivity index (χ3n) is 3.47. The number of carbonyl (C=O) groups excluding carboxylic acids is 2. The van der Waals surface area contributed by atoms with Gasteiger partial charge >= 0.3 is 0 Å². The van der Waals surface area contributed by atoms with E-state index in [0.29, 0.717) is 38.7 Å². The molecule has 0 aliphatic carbocycles. The van der Waals surface area contributed by atoms with Crippen LogP contribution in [-0.4, -0.2) is 67.0 Å². The van der Waals surface area contributed by atoms with Gasteiger partial charge in [-0.1, -0.05) is 13.8 Å². The summed E-state index contributed by atoms with van der Waals surface area (Å²) < 4.78 is 5.58. The fourth-order valence-electron chi connectivity index (χ4n) is 2.16. The number of rotatable bonds is 7. The lowest BCUT2D eigenvalue weighted by Gasteiger charge is -2.35. The van der Waals surface area contributed by atoms with Crippen LogP contribution < -0.4 is 5.73 Å². The van der Waals surface area contributed by atoms with Gasteiger partial charge in [-0.25, -0.2) is 0 Å². The van der Waals surface area contributed by atoms with Crippen molar-refractivity contribution in [3.63, 3.8) is 0 Å². The van der Waals surface area contributed by atoms with Crippen LogP contribution in [0.5, 0.6) is 0 Å². The van der Waals surface area contributed by atoms with Gasteiger partial charge < -0.3 is 15.4 Å². The number of hydrogen-bond acceptors (Lipinski definition) is 4. The predicted octanol–water partition coefficient (Wildman–Crippen LogP) is 0.0671. The van der Waals surface area contributed by atoms with Gasteiger partial charge in [0.25, 0.3) is 5.91 Å². The van der Waals surface area contributed by atoms with Crippen LogP contribution in [0.4, 0.5) is 0 Å². The Bertz CT molecular complexity index is 326. The van der Waals surface area contributed by atoms with Crippen molar-refractivity contribution in [2.24, 2.45) is 11.7 Å². The molecule has 0 aromatic heterocycles. The highest BCUT2D eigenvalue weighted by molar-refractivity contribution is 5.80. The van der Waals surface area contributed by atoms with Crippen molar-refractivity contribution in [2.75, 3.05) is 39.3 Å². The molecule has 6 nitrogen and oxygen atoms in total. The standard InChI is InChI=1S/C14H27N3O3/c1-11(2)4-9-20-12(3)14(19)17-7-5-16(6-8-17)10-13(15)18/h11-12H,4-10H2,1-3H3,(H2,15,18)/t12-/m0/s1. The smallest absolute Gasteiger partial charge is 0.251 e. The first-order valence-electron chi connectivity index (χ1n) is 7.31. The molecule has 1 saturated heterocycles. The quantitative estimate of drug-likeness (QED) is 0.718. The average molecular weight is 285 g/mol. The molecule has 0 aromatic rings. The van der Waals surface area contributed by atoms with Crippen molar-refractivity contribution in [1.29, 1.82) is 0 Å². The first-order chi connectivity index (χ1) is 9.40. The lowest BCUT2D eigenvalue weighted by molar-refractivity contribution is -0.144. The van der Waals surface area contributed by atoms with E-state index in [2.05, 4.69) is 13.8 Å². The summed E-state index contributed by atoms with van der Waals surface area (Å²) in [6.07, 6.45) is 0.570. The Balaban J connectivity index is 2.29. The molecule has 0 unspecified atom stereocenters. The fourth-order valence-corrected chi connectivity index (χ4v) is 2.16. The molecule has 1 rings (SSSR count). The van der Waals surface area contributed by atoms with Crippen LogP contribution in [-0.2, 0) is 14.3 Å². The summed E-state index contributed by atoms with van der Waals surface area (Å²) in [4.78, 5) is 26.8. The molecule has 2 amide bonds. The molecular weight excluding hydrogens is 258 g/mol. The van der Waals surface area contributed by atoms with Crippen molar-refractivity contribution in [3.8, 4) is 0 Å². The number of piperazine rings is 1. The van der Waals surface area contributed by atoms with Gasteiger partial charge in [0, 0.05) is 32.8 Å². The van der Waals surface area contributed by atoms with Crippen molar-refractivity contribution < 1.29 is 14.3 Å². The zero-order valence-electron chi connectivity index (χ0n) is 12.8. The van der Waals surface area contributed by atoms with Crippen molar-refractivity contribution in [3.05, 3.63) is 0 Å². The summed E-state index contributed by atoms with van der Waals surface area (Å²) in [7, 11) is 0. The van der Waals surface area contributed by atoms with E-state index in [4.69, 9.17) is 10.5 Å². The van der Waals surface area contributed by atoms with Gasteiger partial charge in [0.2, 0.25) is 5.91 Å². The van der Waals surface area contributed by atoms with Crippen LogP contribution in [0.2, 0.25) is 0 Å². The molecule has 1 aliphatic heterocycles. The first-order valence-corrected chi connectivity index (χ1v) is 7.31. The number of hydrogen-bond donors (Lipinski definition) is 1. The van der Waals surface area contributed by atoms with Crippen molar-refractivity contribution in [2.45, 2.75) is 33.3 Å². The summed E-state index contributed by atoms with van der Waals surface area (Å²) in [5.74, 6) is 0.289. The van der Waals surface area contributed by atoms with Crippen LogP contribution in [0.1, 0.15) is 27.2 Å². The number of primary amides is 1. The van der Waals surface area contributed by atoms with Gasteiger partial charge in [-0.05, 0) is 19.3 Å². The van der Waals surface area contributed by atoms with E-state index in [9.17, 15) is 9.59 Å². The minimum absolute atomic E-state index is 0.0347. The molecule has 1 aliphatic rings. The van der Waals surface area contributed by atoms with E-state index in [1.807, 2.05) is 4.90 Å². The second kappa shape index (κ2) is 8.21. The zero-order chi connectivity index (χ0) is 15.1. The maximum atomic E-state index is 12.2. The number of nitrogens with zero attached hydrogens (tertiary/aromatic N) is 2. The Morgan fingerprint density at radius 3 is 2.25 bits per heavy atom. The monoisotopic (exact) mass is 285 g/mol. The van der Waals surface area contributed by atoms with E-state index in [-0.39, 0.29) is 18.4 Å². The minimum atomic E-state index is -0.392. The number of carbonyl (C=O) groups is 2. The van der Waals surface area contributed by atoms with E-state index in [0.717, 1.165) is 6.42 Å². The molecule has 1 heterocycles. The molecule has 6 heteroatoms. The van der Waals surface area contributed by atoms with Gasteiger partial charge in [-0.2, -0.15) is 0 Å². The van der Waals surface area contributed by atoms with E-state index >= 15 is 0 Å². The predicted molar refractivity (Wildman–Crippen MR) is 77.1 cm³/mol. The molecule has 0 bridgehead atoms. The maximum Gasteiger partial charge on any atom is 0.251 e. The van der Waals surface area contributed by atoms with E-state index in [1.165, 1.54) is 0 Å². The van der Waals surface area contributed by atoms with Crippen molar-refractivity contribution >= 4 is 11.8 Å². The van der Waals surface area contributed by atoms with Gasteiger partial charge in [-0.3, -0.25) is 14.5 Å². The normalized spacial score (nSPS) is 18.3. The van der Waals surface area contributed by atoms with Crippen LogP contribution in [0.15, 0.2) is 0 Å². The van der Waals surface area contributed by atoms with Gasteiger partial charge in [-0.15, -0.1) is 0 Å². The molecule has 0 aromatic carbocycles. The summed E-state index contributed by atoms with van der Waals surface area (Å²) in [5.41, 5.74) is 5.16. The summed E-state index contributed by atoms with van der Waals surface area (Å²) in [6.45, 7) is 9.59. The molecule has 0 spiro atoms. The van der Waals surface area contributed by atoms with E-state index in [1.54, 1.807) is 11.8 Å². The molecule has 20 heavy (non-hydrogen) atoms. The molecule has 1 fully saturated rings. The SMILES string of the molecule is CC(C)CCO[C@@H](C)C(=O)N1CCN(CC(N)=O)CC1. The van der Waals surface area contributed by atoms with E-state index < -0.39 is 6.10 Å². The lowest BCUT2D eigenvalue weighted by Crippen LogP contribution is -2.52. The van der Waals surface area contributed by atoms with Gasteiger partial charge in [0.05, 0.1) is 6.54 Å². The average Bonchev–Trinajstić information content (AvgIpc) is 2.37. The number of ether oxygens (including phenoxy) is 1. The molecule has 1 atom stereocenters. The molecular formula is C14H27N3O3. The Kier molecular flexibility index (Phi) is 6.95. The highest BCUT2D eigenvalue weighted by Gasteiger charge is 2.25. The van der Waals surface area contributed by atoms with Crippen LogP contribution in [0.3, 0.4) is 0 Å². The van der Waals surface area contributed by atoms with Crippen molar-refractivity contribution in [1.82, 2.24) is 9.80 Å². The first kappa shape index (κ1) is 16.9. The second-order valence-corrected chi connectivity index (χ2v) is 5.76. The number of nitrogens with two attached hydrogens (primary N) is 1. The Hall–Kier alpha value is -1.14. The molecule has 116 valence electrons. The fraction of sp³-hybridized carbons (Fsp3) is 0.857. The Labute approximate surface area is 121 Å². The van der Waals surface area contributed by atoms with Crippen LogP contribution >= 0.6 is 0 Å². The summed E-state index contributed by atoms with van der Waals surface area (Å²) in [6, 6.07) is 0. The maximum absolute atomic E-state index is 12.2. The lowest BCUT2D eigenvalue weighted by atomic mass is 10.1.